The van der Waals surface area contributed by atoms with Gasteiger partial charge in [-0.1, -0.05) is 18.2 Å². The van der Waals surface area contributed by atoms with Gasteiger partial charge in [0.15, 0.2) is 0 Å². The van der Waals surface area contributed by atoms with E-state index in [1.807, 2.05) is 18.3 Å². The first-order valence-electron chi connectivity index (χ1n) is 12.8. The molecule has 2 atom stereocenters. The van der Waals surface area contributed by atoms with Crippen LogP contribution in [0.4, 0.5) is 14.6 Å². The van der Waals surface area contributed by atoms with Crippen LogP contribution in [0.1, 0.15) is 66.1 Å². The number of aromatic carboxylic acids is 1. The molecule has 3 aromatic rings. The van der Waals surface area contributed by atoms with Crippen molar-refractivity contribution in [3.63, 3.8) is 0 Å². The van der Waals surface area contributed by atoms with Gasteiger partial charge in [-0.3, -0.25) is 0 Å². The number of nitrogens with zero attached hydrogens (tertiary/aromatic N) is 2. The van der Waals surface area contributed by atoms with Crippen LogP contribution in [0.3, 0.4) is 0 Å². The third kappa shape index (κ3) is 4.80. The zero-order chi connectivity index (χ0) is 25.5. The van der Waals surface area contributed by atoms with E-state index < -0.39 is 12.6 Å². The first-order valence-corrected chi connectivity index (χ1v) is 12.8. The third-order valence-electron chi connectivity index (χ3n) is 7.81. The van der Waals surface area contributed by atoms with Gasteiger partial charge < -0.3 is 24.5 Å². The summed E-state index contributed by atoms with van der Waals surface area (Å²) in [6, 6.07) is 10.9. The van der Waals surface area contributed by atoms with Crippen LogP contribution in [-0.2, 0) is 11.3 Å². The first-order chi connectivity index (χ1) is 18.0. The number of aromatic amines is 1. The standard InChI is InChI=1S/C28H29F2N3O4/c29-28(30)37-24-4-2-1-3-21(24)22-14-32-26(16-5-6-16)23(22)15-36-20-11-18-8-9-19(12-20)33(18)25-10-7-17(13-31-25)27(34)35/h1-4,7,10,13-14,16,18-20,28,32H,5-6,8-9,11-12,15H2,(H,34,35). The van der Waals surface area contributed by atoms with E-state index in [0.717, 1.165) is 61.2 Å². The van der Waals surface area contributed by atoms with Gasteiger partial charge in [0.1, 0.15) is 11.6 Å². The predicted molar refractivity (Wildman–Crippen MR) is 133 cm³/mol. The molecule has 2 aromatic heterocycles. The second-order valence-corrected chi connectivity index (χ2v) is 10.2. The van der Waals surface area contributed by atoms with Crippen molar-refractivity contribution in [1.82, 2.24) is 9.97 Å². The molecule has 0 amide bonds. The zero-order valence-electron chi connectivity index (χ0n) is 20.3. The number of pyridine rings is 1. The molecule has 2 unspecified atom stereocenters. The number of carbonyl (C=O) groups is 1. The molecule has 37 heavy (non-hydrogen) atoms. The minimum absolute atomic E-state index is 0.0782. The molecule has 2 bridgehead atoms. The van der Waals surface area contributed by atoms with Gasteiger partial charge in [-0.2, -0.15) is 8.78 Å². The number of carboxylic acids is 1. The highest BCUT2D eigenvalue weighted by molar-refractivity contribution is 5.87. The Morgan fingerprint density at radius 3 is 2.49 bits per heavy atom. The SMILES string of the molecule is O=C(O)c1ccc(N2C3CCC2CC(OCc2c(-c4ccccc4OC(F)F)c[nH]c2C2CC2)C3)nc1. The number of para-hydroxylation sites is 1. The number of alkyl halides is 2. The second-order valence-electron chi connectivity index (χ2n) is 10.2. The largest absolute Gasteiger partial charge is 0.478 e. The van der Waals surface area contributed by atoms with E-state index in [0.29, 0.717) is 30.2 Å². The highest BCUT2D eigenvalue weighted by atomic mass is 19.3. The molecule has 2 aliphatic heterocycles. The number of hydrogen-bond donors (Lipinski definition) is 2. The van der Waals surface area contributed by atoms with E-state index in [1.165, 1.54) is 6.20 Å². The molecule has 0 spiro atoms. The van der Waals surface area contributed by atoms with E-state index in [4.69, 9.17) is 14.6 Å². The number of benzene rings is 1. The maximum atomic E-state index is 13.1. The molecule has 7 nitrogen and oxygen atoms in total. The Bertz CT molecular complexity index is 1260. The second kappa shape index (κ2) is 9.78. The lowest BCUT2D eigenvalue weighted by Gasteiger charge is -2.39. The summed E-state index contributed by atoms with van der Waals surface area (Å²) in [7, 11) is 0. The van der Waals surface area contributed by atoms with Crippen LogP contribution in [0.25, 0.3) is 11.1 Å². The summed E-state index contributed by atoms with van der Waals surface area (Å²) < 4.78 is 37.4. The Kier molecular flexibility index (Phi) is 6.32. The number of nitrogens with one attached hydrogen (secondary N) is 1. The van der Waals surface area contributed by atoms with Crippen LogP contribution in [0.2, 0.25) is 0 Å². The monoisotopic (exact) mass is 509 g/mol. The fraction of sp³-hybridized carbons (Fsp3) is 0.429. The number of fused-ring (bicyclic) bond motifs is 2. The average molecular weight is 510 g/mol. The van der Waals surface area contributed by atoms with Gasteiger partial charge in [0.05, 0.1) is 18.3 Å². The molecular weight excluding hydrogens is 480 g/mol. The Labute approximate surface area is 213 Å². The summed E-state index contributed by atoms with van der Waals surface area (Å²) in [4.78, 5) is 21.3. The van der Waals surface area contributed by atoms with Crippen LogP contribution < -0.4 is 9.64 Å². The molecule has 194 valence electrons. The van der Waals surface area contributed by atoms with Crippen molar-refractivity contribution < 1.29 is 28.2 Å². The molecule has 2 saturated heterocycles. The van der Waals surface area contributed by atoms with Crippen molar-refractivity contribution in [3.8, 4) is 16.9 Å². The van der Waals surface area contributed by atoms with Gasteiger partial charge in [-0.15, -0.1) is 0 Å². The quantitative estimate of drug-likeness (QED) is 0.370. The Hall–Kier alpha value is -3.46. The minimum Gasteiger partial charge on any atom is -0.478 e. The lowest BCUT2D eigenvalue weighted by atomic mass is 9.98. The van der Waals surface area contributed by atoms with Crippen molar-refractivity contribution in [2.24, 2.45) is 0 Å². The average Bonchev–Trinajstić information content (AvgIpc) is 3.59. The predicted octanol–water partition coefficient (Wildman–Crippen LogP) is 5.97. The van der Waals surface area contributed by atoms with Crippen molar-refractivity contribution in [2.75, 3.05) is 4.90 Å². The smallest absolute Gasteiger partial charge is 0.387 e. The number of ether oxygens (including phenoxy) is 2. The summed E-state index contributed by atoms with van der Waals surface area (Å²) in [6.45, 7) is -2.48. The number of hydrogen-bond acceptors (Lipinski definition) is 5. The van der Waals surface area contributed by atoms with Crippen LogP contribution in [-0.4, -0.2) is 45.8 Å². The van der Waals surface area contributed by atoms with Gasteiger partial charge in [-0.25, -0.2) is 9.78 Å². The summed E-state index contributed by atoms with van der Waals surface area (Å²) in [5, 5.41) is 9.17. The Morgan fingerprint density at radius 2 is 1.84 bits per heavy atom. The molecule has 6 rings (SSSR count). The molecule has 1 aromatic carbocycles. The molecule has 3 aliphatic rings. The van der Waals surface area contributed by atoms with Crippen LogP contribution in [0, 0.1) is 0 Å². The number of piperidine rings is 1. The van der Waals surface area contributed by atoms with Crippen molar-refractivity contribution in [2.45, 2.75) is 75.8 Å². The van der Waals surface area contributed by atoms with Gasteiger partial charge in [0.2, 0.25) is 0 Å². The maximum Gasteiger partial charge on any atom is 0.387 e. The highest BCUT2D eigenvalue weighted by Crippen LogP contribution is 2.46. The summed E-state index contributed by atoms with van der Waals surface area (Å²) >= 11 is 0. The maximum absolute atomic E-state index is 13.1. The van der Waals surface area contributed by atoms with Gasteiger partial charge in [-0.05, 0) is 62.6 Å². The lowest BCUT2D eigenvalue weighted by molar-refractivity contribution is -0.0494. The molecule has 9 heteroatoms. The molecule has 1 saturated carbocycles. The zero-order valence-corrected chi connectivity index (χ0v) is 20.3. The lowest BCUT2D eigenvalue weighted by Crippen LogP contribution is -2.46. The third-order valence-corrected chi connectivity index (χ3v) is 7.81. The van der Waals surface area contributed by atoms with Crippen molar-refractivity contribution in [3.05, 3.63) is 65.6 Å². The Morgan fingerprint density at radius 1 is 1.08 bits per heavy atom. The van der Waals surface area contributed by atoms with Crippen molar-refractivity contribution in [1.29, 1.82) is 0 Å². The summed E-state index contributed by atoms with van der Waals surface area (Å²) in [5.74, 6) is 0.448. The number of aromatic nitrogens is 2. The molecule has 1 aliphatic carbocycles. The van der Waals surface area contributed by atoms with Crippen LogP contribution in [0.15, 0.2) is 48.8 Å². The van der Waals surface area contributed by atoms with E-state index >= 15 is 0 Å². The molecule has 4 heterocycles. The fourth-order valence-electron chi connectivity index (χ4n) is 5.99. The van der Waals surface area contributed by atoms with Gasteiger partial charge in [0, 0.05) is 46.9 Å². The number of rotatable bonds is 9. The van der Waals surface area contributed by atoms with E-state index in [2.05, 4.69) is 14.9 Å². The van der Waals surface area contributed by atoms with Crippen LogP contribution >= 0.6 is 0 Å². The minimum atomic E-state index is -2.89. The summed E-state index contributed by atoms with van der Waals surface area (Å²) in [5.41, 5.74) is 3.82. The van der Waals surface area contributed by atoms with Crippen molar-refractivity contribution >= 4 is 11.8 Å². The van der Waals surface area contributed by atoms with E-state index in [9.17, 15) is 13.6 Å². The van der Waals surface area contributed by atoms with E-state index in [1.54, 1.807) is 24.3 Å². The topological polar surface area (TPSA) is 87.7 Å². The molecule has 2 N–H and O–H groups in total. The number of anilines is 1. The Balaban J connectivity index is 1.19. The normalized spacial score (nSPS) is 23.0. The number of H-pyrrole nitrogens is 1. The summed E-state index contributed by atoms with van der Waals surface area (Å²) in [6.07, 6.45) is 9.43. The fourth-order valence-corrected chi connectivity index (χ4v) is 5.99. The molecule has 3 fully saturated rings. The number of halogens is 2. The van der Waals surface area contributed by atoms with Crippen LogP contribution in [0.5, 0.6) is 5.75 Å². The molecule has 0 radical (unpaired) electrons. The van der Waals surface area contributed by atoms with Gasteiger partial charge in [0.25, 0.3) is 0 Å². The molecular formula is C28H29F2N3O4. The van der Waals surface area contributed by atoms with Gasteiger partial charge >= 0.3 is 12.6 Å². The first kappa shape index (κ1) is 23.9. The van der Waals surface area contributed by atoms with E-state index in [-0.39, 0.29) is 17.4 Å². The highest BCUT2D eigenvalue weighted by Gasteiger charge is 2.42. The number of carboxylic acid groups (broad SMARTS) is 1.